The topological polar surface area (TPSA) is 99.7 Å². The molecular formula is C24H29Cl3N6. The van der Waals surface area contributed by atoms with Crippen molar-refractivity contribution in [2.24, 2.45) is 5.73 Å². The molecule has 2 atom stereocenters. The SMILES string of the molecule is Cc1ccc2nc(/C=C\c3ccc(Cl)cc3)nc(NC3CCCCC3NC(=N)N)c2c1.Cl.Cl. The van der Waals surface area contributed by atoms with Gasteiger partial charge in [-0.2, -0.15) is 0 Å². The standard InChI is InChI=1S/C24H27ClN6.2ClH/c1-15-6-12-19-18(14-15)23(29-20-4-2-3-5-21(20)30-24(26)27)31-22(28-19)13-9-16-7-10-17(25)11-8-16;;/h6-14,20-21H,2-5H2,1H3,(H4,26,27,30)(H,28,29,31);2*1H/b13-9-;;. The lowest BCUT2D eigenvalue weighted by Crippen LogP contribution is -2.50. The first-order valence-electron chi connectivity index (χ1n) is 10.6. The first-order chi connectivity index (χ1) is 15.0. The fraction of sp³-hybridized carbons (Fsp3) is 0.292. The molecule has 0 aliphatic heterocycles. The van der Waals surface area contributed by atoms with Crippen LogP contribution < -0.4 is 16.4 Å². The zero-order valence-electron chi connectivity index (χ0n) is 18.3. The van der Waals surface area contributed by atoms with Gasteiger partial charge in [-0.05, 0) is 55.7 Å². The number of anilines is 1. The molecule has 1 fully saturated rings. The molecule has 6 nitrogen and oxygen atoms in total. The number of nitrogens with zero attached hydrogens (tertiary/aromatic N) is 2. The number of aromatic nitrogens is 2. The van der Waals surface area contributed by atoms with Crippen LogP contribution in [0.2, 0.25) is 5.02 Å². The number of fused-ring (bicyclic) bond motifs is 1. The number of nitrogens with two attached hydrogens (primary N) is 1. The average Bonchev–Trinajstić information content (AvgIpc) is 2.75. The third kappa shape index (κ3) is 6.97. The van der Waals surface area contributed by atoms with Crippen LogP contribution in [0.3, 0.4) is 0 Å². The largest absolute Gasteiger partial charge is 0.370 e. The molecule has 1 aliphatic rings. The van der Waals surface area contributed by atoms with Gasteiger partial charge in [-0.25, -0.2) is 9.97 Å². The highest BCUT2D eigenvalue weighted by molar-refractivity contribution is 6.30. The van der Waals surface area contributed by atoms with Crippen molar-refractivity contribution in [3.63, 3.8) is 0 Å². The number of nitrogens with one attached hydrogen (secondary N) is 3. The van der Waals surface area contributed by atoms with Gasteiger partial charge < -0.3 is 16.4 Å². The highest BCUT2D eigenvalue weighted by atomic mass is 35.5. The molecule has 2 aromatic carbocycles. The Morgan fingerprint density at radius 1 is 1.03 bits per heavy atom. The Labute approximate surface area is 211 Å². The number of halogens is 3. The number of rotatable bonds is 5. The second-order valence-corrected chi connectivity index (χ2v) is 8.47. The summed E-state index contributed by atoms with van der Waals surface area (Å²) >= 11 is 5.98. The van der Waals surface area contributed by atoms with Crippen molar-refractivity contribution in [1.29, 1.82) is 5.41 Å². The minimum atomic E-state index is 0. The molecule has 1 saturated carbocycles. The second-order valence-electron chi connectivity index (χ2n) is 8.04. The smallest absolute Gasteiger partial charge is 0.185 e. The van der Waals surface area contributed by atoms with Crippen molar-refractivity contribution in [3.8, 4) is 0 Å². The zero-order chi connectivity index (χ0) is 21.8. The number of hydrogen-bond donors (Lipinski definition) is 4. The predicted octanol–water partition coefficient (Wildman–Crippen LogP) is 5.81. The molecule has 3 aromatic rings. The maximum absolute atomic E-state index is 7.64. The van der Waals surface area contributed by atoms with Gasteiger partial charge in [0.1, 0.15) is 5.82 Å². The van der Waals surface area contributed by atoms with Gasteiger partial charge in [0, 0.05) is 22.5 Å². The molecule has 1 aromatic heterocycles. The van der Waals surface area contributed by atoms with Crippen molar-refractivity contribution in [3.05, 3.63) is 64.4 Å². The Balaban J connectivity index is 0.00000193. The number of aryl methyl sites for hydroxylation is 1. The van der Waals surface area contributed by atoms with E-state index in [9.17, 15) is 0 Å². The third-order valence-corrected chi connectivity index (χ3v) is 5.84. The van der Waals surface area contributed by atoms with E-state index in [1.54, 1.807) is 0 Å². The third-order valence-electron chi connectivity index (χ3n) is 5.59. The number of guanidine groups is 1. The van der Waals surface area contributed by atoms with Crippen molar-refractivity contribution in [1.82, 2.24) is 15.3 Å². The van der Waals surface area contributed by atoms with Crippen molar-refractivity contribution >= 4 is 71.2 Å². The summed E-state index contributed by atoms with van der Waals surface area (Å²) < 4.78 is 0. The molecule has 2 unspecified atom stereocenters. The van der Waals surface area contributed by atoms with Gasteiger partial charge in [-0.15, -0.1) is 24.8 Å². The van der Waals surface area contributed by atoms with Crippen LogP contribution in [0.4, 0.5) is 5.82 Å². The van der Waals surface area contributed by atoms with Crippen LogP contribution in [0.1, 0.15) is 42.6 Å². The molecule has 5 N–H and O–H groups in total. The molecule has 9 heteroatoms. The van der Waals surface area contributed by atoms with E-state index in [1.165, 1.54) is 0 Å². The summed E-state index contributed by atoms with van der Waals surface area (Å²) in [5.41, 5.74) is 8.70. The average molecular weight is 508 g/mol. The molecule has 4 rings (SSSR count). The quantitative estimate of drug-likeness (QED) is 0.258. The number of benzene rings is 2. The fourth-order valence-electron chi connectivity index (χ4n) is 4.04. The van der Waals surface area contributed by atoms with Gasteiger partial charge in [0.25, 0.3) is 0 Å². The molecule has 176 valence electrons. The Morgan fingerprint density at radius 3 is 2.42 bits per heavy atom. The predicted molar refractivity (Wildman–Crippen MR) is 144 cm³/mol. The van der Waals surface area contributed by atoms with Crippen LogP contribution in [0.5, 0.6) is 0 Å². The van der Waals surface area contributed by atoms with Crippen LogP contribution in [0.15, 0.2) is 42.5 Å². The van der Waals surface area contributed by atoms with Crippen LogP contribution in [-0.4, -0.2) is 28.0 Å². The van der Waals surface area contributed by atoms with Gasteiger partial charge in [-0.3, -0.25) is 5.41 Å². The van der Waals surface area contributed by atoms with E-state index in [-0.39, 0.29) is 42.9 Å². The van der Waals surface area contributed by atoms with Gasteiger partial charge in [0.05, 0.1) is 5.52 Å². The van der Waals surface area contributed by atoms with Gasteiger partial charge in [0.2, 0.25) is 0 Å². The molecule has 33 heavy (non-hydrogen) atoms. The lowest BCUT2D eigenvalue weighted by molar-refractivity contribution is 0.377. The minimum absolute atomic E-state index is 0. The van der Waals surface area contributed by atoms with E-state index in [4.69, 9.17) is 32.7 Å². The first-order valence-corrected chi connectivity index (χ1v) is 10.9. The van der Waals surface area contributed by atoms with Crippen molar-refractivity contribution in [2.45, 2.75) is 44.7 Å². The van der Waals surface area contributed by atoms with Gasteiger partial charge in [0.15, 0.2) is 11.8 Å². The number of hydrogen-bond acceptors (Lipinski definition) is 4. The maximum atomic E-state index is 7.64. The Hall–Kier alpha value is -2.54. The molecule has 0 bridgehead atoms. The Morgan fingerprint density at radius 2 is 1.73 bits per heavy atom. The van der Waals surface area contributed by atoms with E-state index in [2.05, 4.69) is 29.7 Å². The summed E-state index contributed by atoms with van der Waals surface area (Å²) in [5, 5.41) is 16.1. The molecule has 0 amide bonds. The fourth-order valence-corrected chi connectivity index (χ4v) is 4.17. The molecule has 0 spiro atoms. The normalized spacial score (nSPS) is 17.8. The van der Waals surface area contributed by atoms with E-state index < -0.39 is 0 Å². The van der Waals surface area contributed by atoms with E-state index in [1.807, 2.05) is 42.5 Å². The second kappa shape index (κ2) is 12.1. The molecule has 1 aliphatic carbocycles. The van der Waals surface area contributed by atoms with Crippen LogP contribution in [-0.2, 0) is 0 Å². The van der Waals surface area contributed by atoms with E-state index in [0.29, 0.717) is 10.8 Å². The van der Waals surface area contributed by atoms with Crippen molar-refractivity contribution < 1.29 is 0 Å². The van der Waals surface area contributed by atoms with Gasteiger partial charge in [-0.1, -0.05) is 54.3 Å². The van der Waals surface area contributed by atoms with Crippen LogP contribution in [0, 0.1) is 12.3 Å². The monoisotopic (exact) mass is 506 g/mol. The molecule has 0 radical (unpaired) electrons. The summed E-state index contributed by atoms with van der Waals surface area (Å²) in [7, 11) is 0. The Kier molecular flexibility index (Phi) is 9.77. The lowest BCUT2D eigenvalue weighted by atomic mass is 9.90. The summed E-state index contributed by atoms with van der Waals surface area (Å²) in [4.78, 5) is 9.57. The summed E-state index contributed by atoms with van der Waals surface area (Å²) in [5.74, 6) is 1.46. The zero-order valence-corrected chi connectivity index (χ0v) is 20.7. The van der Waals surface area contributed by atoms with Crippen LogP contribution in [0.25, 0.3) is 23.1 Å². The lowest BCUT2D eigenvalue weighted by Gasteiger charge is -2.33. The van der Waals surface area contributed by atoms with Crippen molar-refractivity contribution in [2.75, 3.05) is 5.32 Å². The summed E-state index contributed by atoms with van der Waals surface area (Å²) in [6.07, 6.45) is 8.14. The van der Waals surface area contributed by atoms with E-state index in [0.717, 1.165) is 53.5 Å². The van der Waals surface area contributed by atoms with Gasteiger partial charge >= 0.3 is 0 Å². The van der Waals surface area contributed by atoms with E-state index >= 15 is 0 Å². The Bertz CT molecular complexity index is 1120. The van der Waals surface area contributed by atoms with Crippen LogP contribution >= 0.6 is 36.4 Å². The molecular weight excluding hydrogens is 479 g/mol. The summed E-state index contributed by atoms with van der Waals surface area (Å²) in [6, 6.07) is 14.1. The molecule has 1 heterocycles. The highest BCUT2D eigenvalue weighted by Gasteiger charge is 2.26. The summed E-state index contributed by atoms with van der Waals surface area (Å²) in [6.45, 7) is 2.07. The minimum Gasteiger partial charge on any atom is -0.370 e. The first kappa shape index (κ1) is 26.7. The highest BCUT2D eigenvalue weighted by Crippen LogP contribution is 2.27. The maximum Gasteiger partial charge on any atom is 0.185 e. The molecule has 0 saturated heterocycles.